The molecule has 4 heteroatoms. The van der Waals surface area contributed by atoms with Crippen LogP contribution in [0.3, 0.4) is 0 Å². The molecule has 2 nitrogen and oxygen atoms in total. The average molecular weight is 309 g/mol. The molecule has 1 heterocycles. The molecule has 88 valence electrons. The minimum Gasteiger partial charge on any atom is -0.323 e. The van der Waals surface area contributed by atoms with Gasteiger partial charge < -0.3 is 5.73 Å². The number of aromatic nitrogens is 1. The van der Waals surface area contributed by atoms with E-state index in [4.69, 9.17) is 5.73 Å². The van der Waals surface area contributed by atoms with Gasteiger partial charge in [-0.2, -0.15) is 0 Å². The molecule has 17 heavy (non-hydrogen) atoms. The van der Waals surface area contributed by atoms with Crippen molar-refractivity contribution in [3.8, 4) is 0 Å². The van der Waals surface area contributed by atoms with Crippen molar-refractivity contribution >= 4 is 27.7 Å². The van der Waals surface area contributed by atoms with Crippen LogP contribution in [0.5, 0.6) is 0 Å². The van der Waals surface area contributed by atoms with E-state index in [1.54, 1.807) is 11.8 Å². The number of nitrogens with zero attached hydrogens (tertiary/aromatic N) is 1. The highest BCUT2D eigenvalue weighted by Crippen LogP contribution is 2.32. The third-order valence-corrected chi connectivity index (χ3v) is 4.30. The molecule has 0 aliphatic heterocycles. The van der Waals surface area contributed by atoms with E-state index in [1.165, 1.54) is 4.90 Å². The molecule has 0 unspecified atom stereocenters. The van der Waals surface area contributed by atoms with Gasteiger partial charge >= 0.3 is 0 Å². The highest BCUT2D eigenvalue weighted by molar-refractivity contribution is 9.10. The summed E-state index contributed by atoms with van der Waals surface area (Å²) in [5, 5.41) is 0. The maximum absolute atomic E-state index is 5.76. The predicted molar refractivity (Wildman–Crippen MR) is 75.1 cm³/mol. The van der Waals surface area contributed by atoms with E-state index in [1.807, 2.05) is 37.4 Å². The molecule has 0 amide bonds. The van der Waals surface area contributed by atoms with Crippen LogP contribution in [-0.2, 0) is 0 Å². The summed E-state index contributed by atoms with van der Waals surface area (Å²) in [7, 11) is 0. The molecule has 0 aliphatic rings. The SMILES string of the molecule is C[C@@H](N)c1ccc(Sc2ccccc2Br)cn1. The molecule has 0 aliphatic carbocycles. The van der Waals surface area contributed by atoms with Gasteiger partial charge in [0.2, 0.25) is 0 Å². The first-order valence-electron chi connectivity index (χ1n) is 5.31. The molecule has 2 aromatic rings. The summed E-state index contributed by atoms with van der Waals surface area (Å²) < 4.78 is 1.10. The third kappa shape index (κ3) is 3.31. The highest BCUT2D eigenvalue weighted by atomic mass is 79.9. The fourth-order valence-corrected chi connectivity index (χ4v) is 2.71. The Morgan fingerprint density at radius 1 is 1.24 bits per heavy atom. The molecular formula is C13H13BrN2S. The molecule has 1 aromatic carbocycles. The summed E-state index contributed by atoms with van der Waals surface area (Å²) in [4.78, 5) is 6.64. The molecule has 1 atom stereocenters. The lowest BCUT2D eigenvalue weighted by Gasteiger charge is -2.06. The molecule has 0 saturated heterocycles. The largest absolute Gasteiger partial charge is 0.323 e. The molecule has 2 N–H and O–H groups in total. The van der Waals surface area contributed by atoms with E-state index in [2.05, 4.69) is 33.0 Å². The number of pyridine rings is 1. The Morgan fingerprint density at radius 2 is 2.00 bits per heavy atom. The maximum atomic E-state index is 5.76. The van der Waals surface area contributed by atoms with Gasteiger partial charge in [-0.1, -0.05) is 23.9 Å². The van der Waals surface area contributed by atoms with Gasteiger partial charge in [0, 0.05) is 26.5 Å². The van der Waals surface area contributed by atoms with E-state index in [-0.39, 0.29) is 6.04 Å². The van der Waals surface area contributed by atoms with Gasteiger partial charge in [-0.15, -0.1) is 0 Å². The Balaban J connectivity index is 2.17. The van der Waals surface area contributed by atoms with Crippen molar-refractivity contribution in [1.82, 2.24) is 4.98 Å². The Labute approximate surface area is 114 Å². The lowest BCUT2D eigenvalue weighted by molar-refractivity contribution is 0.777. The lowest BCUT2D eigenvalue weighted by Crippen LogP contribution is -2.06. The Bertz CT molecular complexity index is 497. The van der Waals surface area contributed by atoms with Crippen molar-refractivity contribution in [1.29, 1.82) is 0 Å². The van der Waals surface area contributed by atoms with Crippen molar-refractivity contribution in [2.75, 3.05) is 0 Å². The van der Waals surface area contributed by atoms with E-state index in [9.17, 15) is 0 Å². The van der Waals surface area contributed by atoms with Crippen LogP contribution >= 0.6 is 27.7 Å². The van der Waals surface area contributed by atoms with Crippen molar-refractivity contribution in [2.45, 2.75) is 22.8 Å². The van der Waals surface area contributed by atoms with Crippen LogP contribution in [0.4, 0.5) is 0 Å². The molecule has 0 saturated carbocycles. The zero-order chi connectivity index (χ0) is 12.3. The van der Waals surface area contributed by atoms with E-state index >= 15 is 0 Å². The zero-order valence-electron chi connectivity index (χ0n) is 9.43. The van der Waals surface area contributed by atoms with Gasteiger partial charge in [-0.3, -0.25) is 4.98 Å². The molecule has 0 radical (unpaired) electrons. The summed E-state index contributed by atoms with van der Waals surface area (Å²) in [5.41, 5.74) is 6.68. The van der Waals surface area contributed by atoms with Gasteiger partial charge in [-0.05, 0) is 47.1 Å². The number of rotatable bonds is 3. The van der Waals surface area contributed by atoms with Crippen molar-refractivity contribution in [2.24, 2.45) is 5.73 Å². The third-order valence-electron chi connectivity index (χ3n) is 2.29. The summed E-state index contributed by atoms with van der Waals surface area (Å²) >= 11 is 5.21. The van der Waals surface area contributed by atoms with Gasteiger partial charge in [0.05, 0.1) is 5.69 Å². The quantitative estimate of drug-likeness (QED) is 0.931. The van der Waals surface area contributed by atoms with Crippen molar-refractivity contribution in [3.63, 3.8) is 0 Å². The molecule has 0 spiro atoms. The number of benzene rings is 1. The monoisotopic (exact) mass is 308 g/mol. The second kappa shape index (κ2) is 5.67. The van der Waals surface area contributed by atoms with Crippen LogP contribution in [0.25, 0.3) is 0 Å². The molecule has 1 aromatic heterocycles. The van der Waals surface area contributed by atoms with Crippen LogP contribution in [0.1, 0.15) is 18.7 Å². The average Bonchev–Trinajstić information content (AvgIpc) is 2.33. The van der Waals surface area contributed by atoms with E-state index in [0.29, 0.717) is 0 Å². The first-order chi connectivity index (χ1) is 8.16. The fraction of sp³-hybridized carbons (Fsp3) is 0.154. The Hall–Kier alpha value is -0.840. The summed E-state index contributed by atoms with van der Waals surface area (Å²) in [5.74, 6) is 0. The molecular weight excluding hydrogens is 296 g/mol. The van der Waals surface area contributed by atoms with Crippen LogP contribution < -0.4 is 5.73 Å². The first kappa shape index (κ1) is 12.6. The second-order valence-electron chi connectivity index (χ2n) is 3.74. The topological polar surface area (TPSA) is 38.9 Å². The number of hydrogen-bond acceptors (Lipinski definition) is 3. The van der Waals surface area contributed by atoms with Crippen LogP contribution in [0, 0.1) is 0 Å². The number of hydrogen-bond donors (Lipinski definition) is 1. The minimum absolute atomic E-state index is 0.0162. The lowest BCUT2D eigenvalue weighted by atomic mass is 10.2. The van der Waals surface area contributed by atoms with E-state index in [0.717, 1.165) is 15.1 Å². The standard InChI is InChI=1S/C13H13BrN2S/c1-9(15)12-7-6-10(8-16-12)17-13-5-3-2-4-11(13)14/h2-9H,15H2,1H3/t9-/m1/s1. The molecule has 2 rings (SSSR count). The summed E-state index contributed by atoms with van der Waals surface area (Å²) in [6.45, 7) is 1.93. The van der Waals surface area contributed by atoms with Crippen molar-refractivity contribution < 1.29 is 0 Å². The fourth-order valence-electron chi connectivity index (χ4n) is 1.38. The van der Waals surface area contributed by atoms with Crippen molar-refractivity contribution in [3.05, 3.63) is 52.8 Å². The summed E-state index contributed by atoms with van der Waals surface area (Å²) in [6, 6.07) is 12.2. The first-order valence-corrected chi connectivity index (χ1v) is 6.91. The zero-order valence-corrected chi connectivity index (χ0v) is 11.8. The summed E-state index contributed by atoms with van der Waals surface area (Å²) in [6.07, 6.45) is 1.86. The van der Waals surface area contributed by atoms with E-state index < -0.39 is 0 Å². The van der Waals surface area contributed by atoms with Crippen LogP contribution in [0.2, 0.25) is 0 Å². The normalized spacial score (nSPS) is 12.4. The van der Waals surface area contributed by atoms with Crippen LogP contribution in [-0.4, -0.2) is 4.98 Å². The molecule has 0 bridgehead atoms. The Kier molecular flexibility index (Phi) is 4.20. The Morgan fingerprint density at radius 3 is 2.59 bits per heavy atom. The predicted octanol–water partition coefficient (Wildman–Crippen LogP) is 4.02. The number of nitrogens with two attached hydrogens (primary N) is 1. The maximum Gasteiger partial charge on any atom is 0.0569 e. The van der Waals surface area contributed by atoms with Gasteiger partial charge in [0.25, 0.3) is 0 Å². The molecule has 0 fully saturated rings. The van der Waals surface area contributed by atoms with Crippen LogP contribution in [0.15, 0.2) is 56.9 Å². The number of halogens is 1. The van der Waals surface area contributed by atoms with Gasteiger partial charge in [-0.25, -0.2) is 0 Å². The van der Waals surface area contributed by atoms with Gasteiger partial charge in [0.15, 0.2) is 0 Å². The minimum atomic E-state index is -0.0162. The highest BCUT2D eigenvalue weighted by Gasteiger charge is 2.04. The second-order valence-corrected chi connectivity index (χ2v) is 5.71. The van der Waals surface area contributed by atoms with Gasteiger partial charge in [0.1, 0.15) is 0 Å². The smallest absolute Gasteiger partial charge is 0.0569 e.